The van der Waals surface area contributed by atoms with Crippen LogP contribution in [-0.2, 0) is 14.3 Å². The Morgan fingerprint density at radius 3 is 1.74 bits per heavy atom. The van der Waals surface area contributed by atoms with Crippen molar-refractivity contribution >= 4 is 69.7 Å². The van der Waals surface area contributed by atoms with E-state index >= 15 is 0 Å². The van der Waals surface area contributed by atoms with Gasteiger partial charge in [0.1, 0.15) is 11.8 Å². The lowest BCUT2D eigenvalue weighted by molar-refractivity contribution is -0.384. The zero-order chi connectivity index (χ0) is 48.2. The van der Waals surface area contributed by atoms with Gasteiger partial charge in [0.25, 0.3) is 29.3 Å². The molecule has 8 N–H and O–H groups in total. The first-order valence-electron chi connectivity index (χ1n) is 20.0. The summed E-state index contributed by atoms with van der Waals surface area (Å²) >= 11 is 0. The number of benzene rings is 5. The van der Waals surface area contributed by atoms with Crippen molar-refractivity contribution in [1.29, 1.82) is 0 Å². The van der Waals surface area contributed by atoms with Crippen molar-refractivity contribution in [3.63, 3.8) is 0 Å². The van der Waals surface area contributed by atoms with Gasteiger partial charge in [-0.2, -0.15) is 0 Å². The van der Waals surface area contributed by atoms with Gasteiger partial charge in [-0.3, -0.25) is 43.7 Å². The summed E-state index contributed by atoms with van der Waals surface area (Å²) in [6, 6.07) is 21.4. The highest BCUT2D eigenvalue weighted by molar-refractivity contribution is 6.11. The van der Waals surface area contributed by atoms with Crippen molar-refractivity contribution in [3.05, 3.63) is 141 Å². The molecule has 2 atom stereocenters. The van der Waals surface area contributed by atoms with E-state index in [1.807, 2.05) is 0 Å². The predicted octanol–water partition coefficient (Wildman–Crippen LogP) is 5.68. The number of nitrogens with one attached hydrogen (secondary N) is 5. The number of phenols is 1. The van der Waals surface area contributed by atoms with Gasteiger partial charge in [-0.05, 0) is 119 Å². The summed E-state index contributed by atoms with van der Waals surface area (Å²) in [7, 11) is 1.12. The Morgan fingerprint density at radius 2 is 1.21 bits per heavy atom. The lowest BCUT2D eigenvalue weighted by Crippen LogP contribution is -2.56. The third kappa shape index (κ3) is 12.1. The molecule has 0 aromatic heterocycles. The number of phenolic OH excluding ortho intramolecular Hbond substituents is 1. The second-order valence-electron chi connectivity index (χ2n) is 14.5. The van der Waals surface area contributed by atoms with Crippen LogP contribution in [0.25, 0.3) is 0 Å². The second kappa shape index (κ2) is 21.6. The largest absolute Gasteiger partial charge is 0.504 e. The number of anilines is 4. The molecule has 0 aliphatic rings. The number of ether oxygens (including phenoxy) is 3. The number of carbonyl (C=O) groups excluding carboxylic acids is 7. The van der Waals surface area contributed by atoms with E-state index in [0.29, 0.717) is 5.56 Å². The quantitative estimate of drug-likeness (QED) is 0.0298. The zero-order valence-electron chi connectivity index (χ0n) is 36.1. The van der Waals surface area contributed by atoms with E-state index in [1.54, 1.807) is 20.8 Å². The molecule has 66 heavy (non-hydrogen) atoms. The number of amides is 6. The number of nitrogens with zero attached hydrogens (tertiary/aromatic N) is 1. The van der Waals surface area contributed by atoms with Crippen LogP contribution in [0, 0.1) is 10.1 Å². The molecule has 20 nitrogen and oxygen atoms in total. The number of nitro benzene ring substituents is 1. The average molecular weight is 904 g/mol. The number of hydrogen-bond donors (Lipinski definition) is 7. The lowest BCUT2D eigenvalue weighted by atomic mass is 10.1. The van der Waals surface area contributed by atoms with E-state index in [4.69, 9.17) is 19.9 Å². The Balaban J connectivity index is 1.26. The monoisotopic (exact) mass is 903 g/mol. The van der Waals surface area contributed by atoms with Gasteiger partial charge in [0, 0.05) is 52.9 Å². The zero-order valence-corrected chi connectivity index (χ0v) is 36.1. The third-order valence-corrected chi connectivity index (χ3v) is 9.48. The molecule has 5 aromatic carbocycles. The van der Waals surface area contributed by atoms with Crippen molar-refractivity contribution in [3.8, 4) is 17.2 Å². The van der Waals surface area contributed by atoms with Gasteiger partial charge in [-0.25, -0.2) is 0 Å². The standard InChI is InChI=1S/C46H45N7O13/c1-6-65-36-23-29(25(4)54)13-21-34(36)50-45(60)33-20-22-35(39(38(33)55)66-24(2)3)51-43(58)26-7-16-31(17-8-26)49-46(61)37(40(64-5)41(47)56)52-44(59)27-9-14-30(15-10-27)48-42(57)28-11-18-32(19-12-28)53(62)63/h7-24,37,40,55H,6H2,1-5H3,(H2,47,56)(H,48,57)(H,49,61)(H,50,60)(H,51,58)(H,52,59). The summed E-state index contributed by atoms with van der Waals surface area (Å²) in [5.74, 6) is -5.45. The van der Waals surface area contributed by atoms with E-state index in [-0.39, 0.29) is 74.6 Å². The van der Waals surface area contributed by atoms with Crippen LogP contribution in [0.15, 0.2) is 103 Å². The Labute approximate surface area is 377 Å². The maximum atomic E-state index is 13.6. The molecule has 5 aromatic rings. The molecule has 0 fully saturated rings. The second-order valence-corrected chi connectivity index (χ2v) is 14.5. The Hall–Kier alpha value is -8.65. The molecule has 0 saturated carbocycles. The summed E-state index contributed by atoms with van der Waals surface area (Å²) in [4.78, 5) is 101. The first kappa shape index (κ1) is 48.4. The molecule has 0 spiro atoms. The van der Waals surface area contributed by atoms with Crippen molar-refractivity contribution in [2.75, 3.05) is 35.0 Å². The summed E-state index contributed by atoms with van der Waals surface area (Å²) in [6.45, 7) is 6.75. The number of hydrogen-bond acceptors (Lipinski definition) is 13. The summed E-state index contributed by atoms with van der Waals surface area (Å²) in [6.07, 6.45) is -2.13. The van der Waals surface area contributed by atoms with Crippen LogP contribution in [0.1, 0.15) is 79.5 Å². The van der Waals surface area contributed by atoms with Gasteiger partial charge in [0.05, 0.1) is 34.6 Å². The van der Waals surface area contributed by atoms with Crippen molar-refractivity contribution in [2.24, 2.45) is 5.73 Å². The van der Waals surface area contributed by atoms with Crippen LogP contribution in [0.4, 0.5) is 28.4 Å². The van der Waals surface area contributed by atoms with E-state index in [1.165, 1.54) is 110 Å². The number of methoxy groups -OCH3 is 1. The molecule has 2 unspecified atom stereocenters. The minimum absolute atomic E-state index is 0.0254. The molecule has 342 valence electrons. The lowest BCUT2D eigenvalue weighted by Gasteiger charge is -2.24. The van der Waals surface area contributed by atoms with Crippen LogP contribution in [0.2, 0.25) is 0 Å². The van der Waals surface area contributed by atoms with Crippen molar-refractivity contribution < 1.29 is 57.8 Å². The minimum Gasteiger partial charge on any atom is -0.504 e. The molecule has 5 rings (SSSR count). The number of Topliss-reactive ketones (excluding diaryl/α,β-unsaturated/α-hetero) is 1. The van der Waals surface area contributed by atoms with Crippen LogP contribution in [0.3, 0.4) is 0 Å². The molecule has 0 aliphatic heterocycles. The Bertz CT molecular complexity index is 2670. The first-order valence-corrected chi connectivity index (χ1v) is 20.0. The summed E-state index contributed by atoms with van der Waals surface area (Å²) in [5.41, 5.74) is 6.46. The molecule has 0 bridgehead atoms. The Morgan fingerprint density at radius 1 is 0.697 bits per heavy atom. The highest BCUT2D eigenvalue weighted by atomic mass is 16.6. The van der Waals surface area contributed by atoms with Gasteiger partial charge in [-0.1, -0.05) is 0 Å². The van der Waals surface area contributed by atoms with Gasteiger partial charge in [-0.15, -0.1) is 0 Å². The van der Waals surface area contributed by atoms with Crippen LogP contribution >= 0.6 is 0 Å². The SMILES string of the molecule is CCOc1cc(C(C)=O)ccc1NC(=O)c1ccc(NC(=O)c2ccc(NC(=O)C(NC(=O)c3ccc(NC(=O)c4ccc([N+](=O)[O-])cc4)cc3)C(OC)C(N)=O)cc2)c(OC(C)C)c1O. The third-order valence-electron chi connectivity index (χ3n) is 9.48. The number of carbonyl (C=O) groups is 7. The fourth-order valence-electron chi connectivity index (χ4n) is 6.20. The van der Waals surface area contributed by atoms with Crippen LogP contribution in [-0.4, -0.2) is 83.2 Å². The molecule has 0 heterocycles. The number of non-ortho nitro benzene ring substituents is 1. The number of nitrogens with two attached hydrogens (primary N) is 1. The van der Waals surface area contributed by atoms with E-state index in [2.05, 4.69) is 26.6 Å². The summed E-state index contributed by atoms with van der Waals surface area (Å²) < 4.78 is 16.6. The van der Waals surface area contributed by atoms with Gasteiger partial charge in [0.15, 0.2) is 23.4 Å². The number of rotatable bonds is 19. The van der Waals surface area contributed by atoms with E-state index in [0.717, 1.165) is 7.11 Å². The maximum absolute atomic E-state index is 13.6. The number of nitro groups is 1. The highest BCUT2D eigenvalue weighted by Crippen LogP contribution is 2.39. The highest BCUT2D eigenvalue weighted by Gasteiger charge is 2.35. The van der Waals surface area contributed by atoms with Gasteiger partial charge in [0.2, 0.25) is 11.8 Å². The average Bonchev–Trinajstić information content (AvgIpc) is 3.28. The molecule has 6 amide bonds. The van der Waals surface area contributed by atoms with Crippen LogP contribution < -0.4 is 41.8 Å². The molecule has 0 radical (unpaired) electrons. The molecule has 0 saturated heterocycles. The Kier molecular flexibility index (Phi) is 15.9. The fourth-order valence-corrected chi connectivity index (χ4v) is 6.20. The smallest absolute Gasteiger partial charge is 0.269 e. The van der Waals surface area contributed by atoms with E-state index < -0.39 is 64.4 Å². The van der Waals surface area contributed by atoms with Crippen molar-refractivity contribution in [1.82, 2.24) is 5.32 Å². The topological polar surface area (TPSA) is 297 Å². The number of aromatic hydroxyl groups is 1. The summed E-state index contributed by atoms with van der Waals surface area (Å²) in [5, 5.41) is 35.1. The predicted molar refractivity (Wildman–Crippen MR) is 241 cm³/mol. The molecular weight excluding hydrogens is 859 g/mol. The minimum atomic E-state index is -1.65. The molecule has 20 heteroatoms. The number of primary amides is 1. The molecule has 0 aliphatic carbocycles. The number of ketones is 1. The van der Waals surface area contributed by atoms with Gasteiger partial charge >= 0.3 is 0 Å². The van der Waals surface area contributed by atoms with E-state index in [9.17, 15) is 48.8 Å². The molecular formula is C46H45N7O13. The normalized spacial score (nSPS) is 11.6. The first-order chi connectivity index (χ1) is 31.4. The van der Waals surface area contributed by atoms with Crippen molar-refractivity contribution in [2.45, 2.75) is 45.9 Å². The maximum Gasteiger partial charge on any atom is 0.269 e. The fraction of sp³-hybridized carbons (Fsp3) is 0.196. The van der Waals surface area contributed by atoms with Crippen LogP contribution in [0.5, 0.6) is 17.2 Å². The van der Waals surface area contributed by atoms with Gasteiger partial charge < -0.3 is 51.6 Å².